The Morgan fingerprint density at radius 2 is 1.30 bits per heavy atom. The molecular weight excluding hydrogens is 471 g/mol. The zero-order valence-corrected chi connectivity index (χ0v) is 21.8. The van der Waals surface area contributed by atoms with Gasteiger partial charge in [-0.3, -0.25) is 8.90 Å². The third kappa shape index (κ3) is 3.04. The van der Waals surface area contributed by atoms with Gasteiger partial charge in [0.05, 0.1) is 27.7 Å². The molecule has 0 saturated heterocycles. The topological polar surface area (TPSA) is 25.2 Å². The van der Waals surface area contributed by atoms with Gasteiger partial charge in [-0.1, -0.05) is 92.7 Å². The molecule has 0 bridgehead atoms. The van der Waals surface area contributed by atoms with Crippen LogP contribution in [-0.2, 0) is 4.57 Å². The average molecular weight is 499 g/mol. The van der Waals surface area contributed by atoms with Crippen molar-refractivity contribution in [2.45, 2.75) is 19.8 Å². The Bertz CT molecular complexity index is 1840. The molecular formula is C33H27N2OP. The quantitative estimate of drug-likeness (QED) is 0.228. The van der Waals surface area contributed by atoms with Gasteiger partial charge in [0.1, 0.15) is 0 Å². The van der Waals surface area contributed by atoms with Crippen LogP contribution in [0, 0.1) is 0 Å². The summed E-state index contributed by atoms with van der Waals surface area (Å²) in [6.07, 6.45) is 0. The van der Waals surface area contributed by atoms with E-state index in [1.54, 1.807) is 0 Å². The normalized spacial score (nSPS) is 16.8. The molecule has 0 radical (unpaired) electrons. The first kappa shape index (κ1) is 22.2. The van der Waals surface area contributed by atoms with Crippen LogP contribution < -0.4 is 15.5 Å². The lowest BCUT2D eigenvalue weighted by Gasteiger charge is -2.30. The van der Waals surface area contributed by atoms with Crippen molar-refractivity contribution in [3.05, 3.63) is 127 Å². The van der Waals surface area contributed by atoms with Crippen LogP contribution in [0.1, 0.15) is 25.3 Å². The maximum atomic E-state index is 16.0. The standard InChI is InChI=1S/C33H27N2OP/c1-23(2)26-18-12-22-31-33(26)34(24-13-5-3-6-14-24)30-21-11-19-28-27-17-9-10-20-29(27)35(32(28)30)37(31,36)25-15-7-4-8-16-25/h3-23H,1-2H3. The number of rotatable bonds is 3. The Labute approximate surface area is 217 Å². The highest BCUT2D eigenvalue weighted by Gasteiger charge is 2.41. The molecule has 4 heteroatoms. The maximum absolute atomic E-state index is 16.0. The summed E-state index contributed by atoms with van der Waals surface area (Å²) in [6.45, 7) is 4.43. The lowest BCUT2D eigenvalue weighted by Crippen LogP contribution is -2.25. The van der Waals surface area contributed by atoms with E-state index in [9.17, 15) is 0 Å². The smallest absolute Gasteiger partial charge is 0.236 e. The van der Waals surface area contributed by atoms with Crippen molar-refractivity contribution in [1.82, 2.24) is 4.34 Å². The molecule has 0 amide bonds. The Balaban J connectivity index is 1.78. The third-order valence-electron chi connectivity index (χ3n) is 7.51. The van der Waals surface area contributed by atoms with Gasteiger partial charge in [-0.2, -0.15) is 0 Å². The van der Waals surface area contributed by atoms with E-state index in [0.717, 1.165) is 49.5 Å². The van der Waals surface area contributed by atoms with Crippen molar-refractivity contribution in [3.63, 3.8) is 0 Å². The van der Waals surface area contributed by atoms with Crippen LogP contribution in [0.3, 0.4) is 0 Å². The van der Waals surface area contributed by atoms with Crippen LogP contribution in [0.4, 0.5) is 17.1 Å². The molecule has 1 unspecified atom stereocenters. The summed E-state index contributed by atoms with van der Waals surface area (Å²) in [5, 5.41) is 3.94. The molecule has 3 nitrogen and oxygen atoms in total. The van der Waals surface area contributed by atoms with Crippen molar-refractivity contribution in [2.24, 2.45) is 0 Å². The first-order valence-electron chi connectivity index (χ1n) is 12.8. The highest BCUT2D eigenvalue weighted by molar-refractivity contribution is 7.78. The molecule has 1 aromatic heterocycles. The number of anilines is 3. The van der Waals surface area contributed by atoms with Gasteiger partial charge in [0, 0.05) is 21.8 Å². The molecule has 0 aliphatic carbocycles. The van der Waals surface area contributed by atoms with Gasteiger partial charge in [0.2, 0.25) is 7.29 Å². The van der Waals surface area contributed by atoms with Crippen LogP contribution >= 0.6 is 7.29 Å². The molecule has 6 aromatic rings. The number of aromatic nitrogens is 1. The van der Waals surface area contributed by atoms with E-state index in [0.29, 0.717) is 0 Å². The van der Waals surface area contributed by atoms with Crippen LogP contribution in [0.2, 0.25) is 0 Å². The van der Waals surface area contributed by atoms with Gasteiger partial charge in [-0.05, 0) is 53.9 Å². The lowest BCUT2D eigenvalue weighted by molar-refractivity contribution is 0.583. The molecule has 5 aromatic carbocycles. The predicted octanol–water partition coefficient (Wildman–Crippen LogP) is 8.48. The maximum Gasteiger partial charge on any atom is 0.236 e. The number of nitrogens with zero attached hydrogens (tertiary/aromatic N) is 2. The largest absolute Gasteiger partial charge is 0.307 e. The van der Waals surface area contributed by atoms with E-state index in [2.05, 4.69) is 102 Å². The molecule has 180 valence electrons. The first-order valence-corrected chi connectivity index (χ1v) is 14.4. The van der Waals surface area contributed by atoms with E-state index in [4.69, 9.17) is 0 Å². The van der Waals surface area contributed by atoms with Crippen molar-refractivity contribution < 1.29 is 4.57 Å². The summed E-state index contributed by atoms with van der Waals surface area (Å²) < 4.78 is 18.2. The monoisotopic (exact) mass is 498 g/mol. The van der Waals surface area contributed by atoms with Crippen molar-refractivity contribution in [3.8, 4) is 0 Å². The number of para-hydroxylation sites is 4. The second-order valence-electron chi connectivity index (χ2n) is 9.95. The molecule has 0 N–H and O–H groups in total. The van der Waals surface area contributed by atoms with Crippen LogP contribution in [-0.4, -0.2) is 4.34 Å². The molecule has 0 fully saturated rings. The van der Waals surface area contributed by atoms with Gasteiger partial charge in [0.15, 0.2) is 0 Å². The van der Waals surface area contributed by atoms with Gasteiger partial charge in [0.25, 0.3) is 0 Å². The molecule has 0 spiro atoms. The molecule has 1 aliphatic rings. The summed E-state index contributed by atoms with van der Waals surface area (Å²) >= 11 is 0. The SMILES string of the molecule is CC(C)c1cccc2c1N(c1ccccc1)c1cccc3c4ccccc4n(c13)P2(=O)c1ccccc1. The minimum Gasteiger partial charge on any atom is -0.307 e. The Hall–Kier alpha value is -4.07. The molecule has 1 aliphatic heterocycles. The van der Waals surface area contributed by atoms with E-state index in [1.165, 1.54) is 5.56 Å². The molecule has 0 saturated carbocycles. The Kier molecular flexibility index (Phi) is 4.93. The first-order chi connectivity index (χ1) is 18.1. The van der Waals surface area contributed by atoms with E-state index in [-0.39, 0.29) is 5.92 Å². The highest BCUT2D eigenvalue weighted by atomic mass is 31.2. The zero-order chi connectivity index (χ0) is 25.1. The highest BCUT2D eigenvalue weighted by Crippen LogP contribution is 2.59. The van der Waals surface area contributed by atoms with Crippen LogP contribution in [0.25, 0.3) is 21.8 Å². The summed E-state index contributed by atoms with van der Waals surface area (Å²) in [7, 11) is -3.35. The average Bonchev–Trinajstić information content (AvgIpc) is 3.24. The van der Waals surface area contributed by atoms with Gasteiger partial charge in [-0.15, -0.1) is 0 Å². The van der Waals surface area contributed by atoms with E-state index < -0.39 is 7.29 Å². The molecule has 1 atom stereocenters. The van der Waals surface area contributed by atoms with Crippen LogP contribution in [0.15, 0.2) is 121 Å². The minimum absolute atomic E-state index is 0.249. The molecule has 2 heterocycles. The Morgan fingerprint density at radius 3 is 2.05 bits per heavy atom. The summed E-state index contributed by atoms with van der Waals surface area (Å²) in [5.74, 6) is 0.249. The zero-order valence-electron chi connectivity index (χ0n) is 20.9. The van der Waals surface area contributed by atoms with Crippen molar-refractivity contribution in [1.29, 1.82) is 0 Å². The van der Waals surface area contributed by atoms with Gasteiger partial charge < -0.3 is 4.90 Å². The molecule has 37 heavy (non-hydrogen) atoms. The third-order valence-corrected chi connectivity index (χ3v) is 10.5. The van der Waals surface area contributed by atoms with Crippen molar-refractivity contribution in [2.75, 3.05) is 4.90 Å². The fourth-order valence-electron chi connectivity index (χ4n) is 5.91. The molecule has 7 rings (SSSR count). The van der Waals surface area contributed by atoms with E-state index >= 15 is 4.57 Å². The second-order valence-corrected chi connectivity index (χ2v) is 12.5. The summed E-state index contributed by atoms with van der Waals surface area (Å²) in [4.78, 5) is 2.34. The lowest BCUT2D eigenvalue weighted by atomic mass is 9.99. The number of hydrogen-bond acceptors (Lipinski definition) is 2. The number of fused-ring (bicyclic) bond motifs is 4. The fraction of sp³-hybridized carbons (Fsp3) is 0.0909. The van der Waals surface area contributed by atoms with Gasteiger partial charge >= 0.3 is 0 Å². The second kappa shape index (κ2) is 8.23. The van der Waals surface area contributed by atoms with E-state index in [1.807, 2.05) is 42.5 Å². The number of benzene rings is 5. The summed E-state index contributed by atoms with van der Waals surface area (Å²) in [5.41, 5.74) is 6.31. The Morgan fingerprint density at radius 1 is 0.649 bits per heavy atom. The van der Waals surface area contributed by atoms with Gasteiger partial charge in [-0.25, -0.2) is 0 Å². The summed E-state index contributed by atoms with van der Waals surface area (Å²) in [6, 6.07) is 41.7. The predicted molar refractivity (Wildman–Crippen MR) is 157 cm³/mol. The van der Waals surface area contributed by atoms with Crippen LogP contribution in [0.5, 0.6) is 0 Å². The van der Waals surface area contributed by atoms with Crippen molar-refractivity contribution >= 4 is 56.8 Å². The fourth-order valence-corrected chi connectivity index (χ4v) is 8.99. The number of hydrogen-bond donors (Lipinski definition) is 0. The minimum atomic E-state index is -3.35.